The summed E-state index contributed by atoms with van der Waals surface area (Å²) in [6, 6.07) is 10.0. The first-order valence-electron chi connectivity index (χ1n) is 7.72. The van der Waals surface area contributed by atoms with E-state index in [-0.39, 0.29) is 12.5 Å². The van der Waals surface area contributed by atoms with Crippen LogP contribution >= 0.6 is 0 Å². The fourth-order valence-electron chi connectivity index (χ4n) is 2.18. The normalized spacial score (nSPS) is 10.6. The Hall–Kier alpha value is -2.21. The maximum atomic E-state index is 10.9. The molecule has 1 aromatic heterocycles. The van der Waals surface area contributed by atoms with Crippen LogP contribution < -0.4 is 11.1 Å². The van der Waals surface area contributed by atoms with Crippen molar-refractivity contribution >= 4 is 5.91 Å². The quantitative estimate of drug-likeness (QED) is 0.689. The molecule has 0 saturated heterocycles. The fourth-order valence-corrected chi connectivity index (χ4v) is 2.18. The summed E-state index contributed by atoms with van der Waals surface area (Å²) >= 11 is 0. The third kappa shape index (κ3) is 5.29. The van der Waals surface area contributed by atoms with Crippen LogP contribution in [0.15, 0.2) is 36.5 Å². The summed E-state index contributed by atoms with van der Waals surface area (Å²) in [7, 11) is 0. The maximum Gasteiger partial charge on any atom is 0.233 e. The van der Waals surface area contributed by atoms with Crippen molar-refractivity contribution in [2.24, 2.45) is 5.73 Å². The number of hydrogen-bond acceptors (Lipinski definition) is 4. The van der Waals surface area contributed by atoms with Crippen molar-refractivity contribution in [3.05, 3.63) is 36.5 Å². The molecule has 0 unspecified atom stereocenters. The van der Waals surface area contributed by atoms with Gasteiger partial charge in [0.15, 0.2) is 0 Å². The first-order valence-corrected chi connectivity index (χ1v) is 7.72. The molecule has 2 rings (SSSR count). The van der Waals surface area contributed by atoms with E-state index in [1.165, 1.54) is 0 Å². The number of carbonyl (C=O) groups excluding carboxylic acids is 1. The van der Waals surface area contributed by atoms with Crippen LogP contribution in [0, 0.1) is 0 Å². The molecule has 6 heteroatoms. The van der Waals surface area contributed by atoms with E-state index in [4.69, 9.17) is 5.73 Å². The van der Waals surface area contributed by atoms with Gasteiger partial charge >= 0.3 is 0 Å². The number of nitrogens with zero attached hydrogens (tertiary/aromatic N) is 3. The van der Waals surface area contributed by atoms with Crippen LogP contribution in [-0.4, -0.2) is 34.0 Å². The Morgan fingerprint density at radius 1 is 1.14 bits per heavy atom. The number of rotatable bonds is 9. The third-order valence-corrected chi connectivity index (χ3v) is 3.40. The number of nitrogens with one attached hydrogen (secondary N) is 1. The van der Waals surface area contributed by atoms with Crippen LogP contribution in [-0.2, 0) is 11.3 Å². The third-order valence-electron chi connectivity index (χ3n) is 3.40. The largest absolute Gasteiger partial charge is 0.355 e. The van der Waals surface area contributed by atoms with Gasteiger partial charge in [-0.25, -0.2) is 0 Å². The lowest BCUT2D eigenvalue weighted by Crippen LogP contribution is -2.30. The molecule has 118 valence electrons. The Labute approximate surface area is 130 Å². The molecular weight excluding hydrogens is 278 g/mol. The van der Waals surface area contributed by atoms with Crippen LogP contribution in [0.25, 0.3) is 11.3 Å². The molecule has 0 radical (unpaired) electrons. The van der Waals surface area contributed by atoms with Gasteiger partial charge in [0.2, 0.25) is 5.91 Å². The van der Waals surface area contributed by atoms with E-state index in [0.29, 0.717) is 6.54 Å². The van der Waals surface area contributed by atoms with E-state index in [9.17, 15) is 4.79 Å². The zero-order valence-electron chi connectivity index (χ0n) is 12.7. The van der Waals surface area contributed by atoms with Crippen LogP contribution in [0.2, 0.25) is 0 Å². The van der Waals surface area contributed by atoms with E-state index in [0.717, 1.165) is 43.5 Å². The summed E-state index contributed by atoms with van der Waals surface area (Å²) in [5.41, 5.74) is 7.21. The summed E-state index contributed by atoms with van der Waals surface area (Å²) in [5, 5.41) is 11.5. The molecule has 3 N–H and O–H groups in total. The smallest absolute Gasteiger partial charge is 0.233 e. The minimum Gasteiger partial charge on any atom is -0.355 e. The molecule has 0 fully saturated rings. The molecule has 0 spiro atoms. The zero-order valence-corrected chi connectivity index (χ0v) is 12.7. The average Bonchev–Trinajstić information content (AvgIpc) is 3.03. The van der Waals surface area contributed by atoms with Crippen LogP contribution in [0.4, 0.5) is 0 Å². The average molecular weight is 301 g/mol. The van der Waals surface area contributed by atoms with Gasteiger partial charge in [-0.1, -0.05) is 43.2 Å². The van der Waals surface area contributed by atoms with E-state index in [1.807, 2.05) is 30.3 Å². The van der Waals surface area contributed by atoms with Gasteiger partial charge < -0.3 is 11.1 Å². The summed E-state index contributed by atoms with van der Waals surface area (Å²) in [5.74, 6) is -0.0887. The van der Waals surface area contributed by atoms with E-state index in [2.05, 4.69) is 15.5 Å². The van der Waals surface area contributed by atoms with E-state index in [1.54, 1.807) is 11.0 Å². The fraction of sp³-hybridized carbons (Fsp3) is 0.438. The Kier molecular flexibility index (Phi) is 6.57. The van der Waals surface area contributed by atoms with Crippen LogP contribution in [0.1, 0.15) is 25.7 Å². The van der Waals surface area contributed by atoms with Gasteiger partial charge in [0.1, 0.15) is 5.69 Å². The van der Waals surface area contributed by atoms with Crippen molar-refractivity contribution in [2.75, 3.05) is 13.1 Å². The number of carbonyl (C=O) groups is 1. The first kappa shape index (κ1) is 16.2. The van der Waals surface area contributed by atoms with Gasteiger partial charge in [-0.2, -0.15) is 15.0 Å². The molecule has 0 aliphatic heterocycles. The van der Waals surface area contributed by atoms with Gasteiger partial charge in [0, 0.05) is 12.1 Å². The van der Waals surface area contributed by atoms with Crippen molar-refractivity contribution in [1.29, 1.82) is 0 Å². The maximum absolute atomic E-state index is 10.9. The highest BCUT2D eigenvalue weighted by Crippen LogP contribution is 2.14. The van der Waals surface area contributed by atoms with Gasteiger partial charge in [-0.05, 0) is 12.8 Å². The molecule has 1 aromatic carbocycles. The van der Waals surface area contributed by atoms with Gasteiger partial charge in [0.25, 0.3) is 0 Å². The molecule has 6 nitrogen and oxygen atoms in total. The zero-order chi connectivity index (χ0) is 15.6. The summed E-state index contributed by atoms with van der Waals surface area (Å²) in [6.07, 6.45) is 6.00. The summed E-state index contributed by atoms with van der Waals surface area (Å²) in [4.78, 5) is 12.7. The highest BCUT2D eigenvalue weighted by atomic mass is 16.1. The minimum atomic E-state index is -0.0887. The summed E-state index contributed by atoms with van der Waals surface area (Å²) in [6.45, 7) is 1.59. The van der Waals surface area contributed by atoms with E-state index >= 15 is 0 Å². The monoisotopic (exact) mass is 301 g/mol. The molecule has 0 aliphatic carbocycles. The molecule has 0 bridgehead atoms. The molecule has 0 atom stereocenters. The van der Waals surface area contributed by atoms with E-state index < -0.39 is 0 Å². The van der Waals surface area contributed by atoms with Crippen molar-refractivity contribution in [3.8, 4) is 11.3 Å². The molecule has 1 heterocycles. The van der Waals surface area contributed by atoms with Crippen LogP contribution in [0.5, 0.6) is 0 Å². The number of unbranched alkanes of at least 4 members (excludes halogenated alkanes) is 3. The Morgan fingerprint density at radius 3 is 2.68 bits per heavy atom. The number of aryl methyl sites for hydroxylation is 1. The van der Waals surface area contributed by atoms with Gasteiger partial charge in [-0.3, -0.25) is 4.79 Å². The lowest BCUT2D eigenvalue weighted by molar-refractivity contribution is -0.119. The second-order valence-corrected chi connectivity index (χ2v) is 5.16. The van der Waals surface area contributed by atoms with Crippen molar-refractivity contribution < 1.29 is 4.79 Å². The number of amides is 1. The molecule has 22 heavy (non-hydrogen) atoms. The summed E-state index contributed by atoms with van der Waals surface area (Å²) < 4.78 is 0. The lowest BCUT2D eigenvalue weighted by Gasteiger charge is -2.03. The number of hydrogen-bond donors (Lipinski definition) is 2. The number of aromatic nitrogens is 3. The van der Waals surface area contributed by atoms with Crippen LogP contribution in [0.3, 0.4) is 0 Å². The number of nitrogens with two attached hydrogens (primary N) is 1. The van der Waals surface area contributed by atoms with Crippen molar-refractivity contribution in [2.45, 2.75) is 32.2 Å². The second kappa shape index (κ2) is 8.94. The highest BCUT2D eigenvalue weighted by Gasteiger charge is 2.02. The molecule has 0 saturated carbocycles. The first-order chi connectivity index (χ1) is 10.8. The predicted octanol–water partition coefficient (Wildman–Crippen LogP) is 1.58. The second-order valence-electron chi connectivity index (χ2n) is 5.16. The topological polar surface area (TPSA) is 85.8 Å². The molecular formula is C16H23N5O. The van der Waals surface area contributed by atoms with Gasteiger partial charge in [-0.15, -0.1) is 0 Å². The Bertz CT molecular complexity index is 567. The standard InChI is InChI=1S/C16H23N5O/c17-12-16(22)18-10-6-1-2-7-11-21-19-13-15(20-21)14-8-4-3-5-9-14/h3-5,8-9,13H,1-2,6-7,10-12,17H2,(H,18,22). The van der Waals surface area contributed by atoms with Gasteiger partial charge in [0.05, 0.1) is 19.3 Å². The SMILES string of the molecule is NCC(=O)NCCCCCCn1ncc(-c2ccccc2)n1. The highest BCUT2D eigenvalue weighted by molar-refractivity contribution is 5.77. The van der Waals surface area contributed by atoms with Crippen molar-refractivity contribution in [1.82, 2.24) is 20.3 Å². The van der Waals surface area contributed by atoms with Crippen molar-refractivity contribution in [3.63, 3.8) is 0 Å². The minimum absolute atomic E-state index is 0.0642. The molecule has 0 aliphatic rings. The lowest BCUT2D eigenvalue weighted by atomic mass is 10.2. The molecule has 1 amide bonds. The number of benzene rings is 1. The predicted molar refractivity (Wildman–Crippen MR) is 86.0 cm³/mol. The Balaban J connectivity index is 1.62. The molecule has 2 aromatic rings. The Morgan fingerprint density at radius 2 is 1.91 bits per heavy atom.